The fraction of sp³-hybridized carbons (Fsp3) is 0.529. The molecule has 252 valence electrons. The average Bonchev–Trinajstić information content (AvgIpc) is 3.14. The van der Waals surface area contributed by atoms with Gasteiger partial charge in [-0.05, 0) is 81.0 Å². The molecule has 0 aliphatic carbocycles. The van der Waals surface area contributed by atoms with E-state index >= 15 is 0 Å². The summed E-state index contributed by atoms with van der Waals surface area (Å²) in [5, 5.41) is 23.5. The third kappa shape index (κ3) is 9.38. The summed E-state index contributed by atoms with van der Waals surface area (Å²) >= 11 is 0. The Morgan fingerprint density at radius 1 is 1.13 bits per heavy atom. The van der Waals surface area contributed by atoms with E-state index in [0.717, 1.165) is 54.5 Å². The lowest BCUT2D eigenvalue weighted by Gasteiger charge is -2.36. The molecule has 1 saturated heterocycles. The summed E-state index contributed by atoms with van der Waals surface area (Å²) in [5.41, 5.74) is 9.60. The van der Waals surface area contributed by atoms with Crippen LogP contribution < -0.4 is 11.1 Å². The number of hydrogen-bond donors (Lipinski definition) is 4. The number of sulfonamides is 1. The number of unbranched alkanes of at least 4 members (excludes halogenated alkanes) is 2. The number of benzene rings is 2. The minimum absolute atomic E-state index is 0.0174. The summed E-state index contributed by atoms with van der Waals surface area (Å²) in [6, 6.07) is 12.6. The summed E-state index contributed by atoms with van der Waals surface area (Å²) in [4.78, 5) is 18.8. The van der Waals surface area contributed by atoms with Crippen LogP contribution in [-0.2, 0) is 14.8 Å². The fourth-order valence-corrected chi connectivity index (χ4v) is 7.22. The molecular formula is C34H49N5O6S. The van der Waals surface area contributed by atoms with Crippen molar-refractivity contribution in [2.24, 2.45) is 16.6 Å². The average molecular weight is 656 g/mol. The largest absolute Gasteiger partial charge is 0.444 e. The van der Waals surface area contributed by atoms with Crippen molar-refractivity contribution in [2.75, 3.05) is 39.3 Å². The Labute approximate surface area is 273 Å². The Balaban J connectivity index is 1.42. The number of hydrogen-bond acceptors (Lipinski definition) is 9. The first-order valence-corrected chi connectivity index (χ1v) is 17.5. The summed E-state index contributed by atoms with van der Waals surface area (Å²) in [7, 11) is -3.65. The van der Waals surface area contributed by atoms with Gasteiger partial charge in [0.2, 0.25) is 10.0 Å². The molecule has 0 radical (unpaired) electrons. The van der Waals surface area contributed by atoms with Crippen LogP contribution in [0.25, 0.3) is 17.2 Å². The lowest BCUT2D eigenvalue weighted by molar-refractivity contribution is 0.0309. The molecule has 4 rings (SSSR count). The molecule has 46 heavy (non-hydrogen) atoms. The third-order valence-electron chi connectivity index (χ3n) is 7.99. The van der Waals surface area contributed by atoms with Gasteiger partial charge in [-0.2, -0.15) is 4.31 Å². The Morgan fingerprint density at radius 3 is 2.57 bits per heavy atom. The number of amidine groups is 1. The van der Waals surface area contributed by atoms with E-state index in [1.54, 1.807) is 18.2 Å². The predicted octanol–water partition coefficient (Wildman–Crippen LogP) is 4.47. The van der Waals surface area contributed by atoms with Crippen molar-refractivity contribution in [1.82, 2.24) is 14.5 Å². The van der Waals surface area contributed by atoms with E-state index < -0.39 is 27.9 Å². The summed E-state index contributed by atoms with van der Waals surface area (Å²) in [6.45, 7) is 10.1. The molecule has 2 heterocycles. The standard InChI is InChI=1S/C34H49N5O6S/c1-5-15-38(16-8-6-7-14-36-33(42)45-34(2,3)4)32(41)28-17-27-13-12-26(19-30(27)37-31(35)20-28)25-10-9-11-29(18-25)46(43,44)39-21-24(22-39)23-40/h9-13,17-19,24,32,40-41H,5-8,14-16,20-23H2,1-4H3,(H2,35,37)(H,36,42). The van der Waals surface area contributed by atoms with Gasteiger partial charge < -0.3 is 26.0 Å². The smallest absolute Gasteiger partial charge is 0.407 e. The number of fused-ring (bicyclic) bond motifs is 1. The van der Waals surface area contributed by atoms with Gasteiger partial charge in [-0.25, -0.2) is 18.2 Å². The topological polar surface area (TPSA) is 158 Å². The summed E-state index contributed by atoms with van der Waals surface area (Å²) in [5.74, 6) is 0.370. The Kier molecular flexibility index (Phi) is 12.0. The van der Waals surface area contributed by atoms with Crippen LogP contribution in [0.3, 0.4) is 0 Å². The van der Waals surface area contributed by atoms with Gasteiger partial charge in [0.25, 0.3) is 0 Å². The first-order chi connectivity index (χ1) is 21.8. The number of aliphatic hydroxyl groups excluding tert-OH is 2. The highest BCUT2D eigenvalue weighted by Crippen LogP contribution is 2.34. The van der Waals surface area contributed by atoms with E-state index in [2.05, 4.69) is 17.2 Å². The first kappa shape index (κ1) is 35.6. The predicted molar refractivity (Wildman–Crippen MR) is 181 cm³/mol. The van der Waals surface area contributed by atoms with Crippen LogP contribution in [0.1, 0.15) is 65.4 Å². The fourth-order valence-electron chi connectivity index (χ4n) is 5.58. The number of carbonyl (C=O) groups is 1. The van der Waals surface area contributed by atoms with Gasteiger partial charge in [-0.3, -0.25) is 4.90 Å². The van der Waals surface area contributed by atoms with Crippen molar-refractivity contribution < 1.29 is 28.2 Å². The molecule has 1 atom stereocenters. The number of carbonyl (C=O) groups excluding carboxylic acids is 1. The molecule has 2 aromatic rings. The molecule has 0 aromatic heterocycles. The maximum atomic E-state index is 13.1. The van der Waals surface area contributed by atoms with E-state index in [-0.39, 0.29) is 17.4 Å². The van der Waals surface area contributed by atoms with Gasteiger partial charge in [0, 0.05) is 57.2 Å². The second-order valence-electron chi connectivity index (χ2n) is 13.1. The number of alkyl carbamates (subject to hydrolysis) is 1. The molecule has 11 nitrogen and oxygen atoms in total. The molecular weight excluding hydrogens is 606 g/mol. The lowest BCUT2D eigenvalue weighted by atomic mass is 10.0. The molecule has 5 N–H and O–H groups in total. The maximum Gasteiger partial charge on any atom is 0.407 e. The maximum absolute atomic E-state index is 13.1. The normalized spacial score (nSPS) is 16.6. The van der Waals surface area contributed by atoms with Gasteiger partial charge in [-0.1, -0.05) is 37.6 Å². The molecule has 2 aliphatic rings. The number of ether oxygens (including phenoxy) is 1. The molecule has 0 bridgehead atoms. The van der Waals surface area contributed by atoms with Crippen LogP contribution in [-0.4, -0.2) is 90.9 Å². The molecule has 0 saturated carbocycles. The number of nitrogens with zero attached hydrogens (tertiary/aromatic N) is 3. The van der Waals surface area contributed by atoms with E-state index in [9.17, 15) is 23.4 Å². The Bertz CT molecular complexity index is 1530. The number of aliphatic hydroxyl groups is 2. The highest BCUT2D eigenvalue weighted by Gasteiger charge is 2.36. The zero-order valence-electron chi connectivity index (χ0n) is 27.4. The van der Waals surface area contributed by atoms with E-state index in [1.165, 1.54) is 4.31 Å². The first-order valence-electron chi connectivity index (χ1n) is 16.1. The second kappa shape index (κ2) is 15.5. The zero-order valence-corrected chi connectivity index (χ0v) is 28.2. The minimum Gasteiger partial charge on any atom is -0.444 e. The van der Waals surface area contributed by atoms with E-state index in [1.807, 2.05) is 56.0 Å². The highest BCUT2D eigenvalue weighted by molar-refractivity contribution is 7.89. The van der Waals surface area contributed by atoms with Gasteiger partial charge >= 0.3 is 6.09 Å². The van der Waals surface area contributed by atoms with Gasteiger partial charge in [0.15, 0.2) is 0 Å². The molecule has 1 unspecified atom stereocenters. The van der Waals surface area contributed by atoms with Crippen LogP contribution in [0.2, 0.25) is 0 Å². The van der Waals surface area contributed by atoms with Crippen molar-refractivity contribution in [2.45, 2.75) is 76.5 Å². The van der Waals surface area contributed by atoms with Crippen LogP contribution in [0.15, 0.2) is 57.9 Å². The zero-order chi connectivity index (χ0) is 33.5. The van der Waals surface area contributed by atoms with Crippen LogP contribution >= 0.6 is 0 Å². The highest BCUT2D eigenvalue weighted by atomic mass is 32.2. The van der Waals surface area contributed by atoms with Gasteiger partial charge in [-0.15, -0.1) is 0 Å². The number of amides is 1. The molecule has 1 amide bonds. The van der Waals surface area contributed by atoms with Crippen molar-refractivity contribution >= 4 is 33.7 Å². The van der Waals surface area contributed by atoms with Gasteiger partial charge in [0.05, 0.1) is 10.6 Å². The number of nitrogens with one attached hydrogen (secondary N) is 1. The molecule has 2 aromatic carbocycles. The third-order valence-corrected chi connectivity index (χ3v) is 9.81. The monoisotopic (exact) mass is 655 g/mol. The molecule has 0 spiro atoms. The number of rotatable bonds is 14. The number of aliphatic imine (C=N–C) groups is 1. The molecule has 1 fully saturated rings. The van der Waals surface area contributed by atoms with E-state index in [0.29, 0.717) is 44.1 Å². The minimum atomic E-state index is -3.65. The van der Waals surface area contributed by atoms with E-state index in [4.69, 9.17) is 10.5 Å². The summed E-state index contributed by atoms with van der Waals surface area (Å²) < 4.78 is 32.9. The molecule has 2 aliphatic heterocycles. The van der Waals surface area contributed by atoms with Crippen molar-refractivity contribution in [3.63, 3.8) is 0 Å². The quantitative estimate of drug-likeness (QED) is 0.172. The number of nitrogens with two attached hydrogens (primary N) is 1. The van der Waals surface area contributed by atoms with Crippen molar-refractivity contribution in [1.29, 1.82) is 0 Å². The Morgan fingerprint density at radius 2 is 1.87 bits per heavy atom. The van der Waals surface area contributed by atoms with Crippen LogP contribution in [0.5, 0.6) is 0 Å². The molecule has 12 heteroatoms. The van der Waals surface area contributed by atoms with Crippen molar-refractivity contribution in [3.8, 4) is 11.1 Å². The lowest BCUT2D eigenvalue weighted by Crippen LogP contribution is -2.51. The van der Waals surface area contributed by atoms with Crippen molar-refractivity contribution in [3.05, 3.63) is 53.6 Å². The second-order valence-corrected chi connectivity index (χ2v) is 15.0. The van der Waals surface area contributed by atoms with Gasteiger partial charge in [0.1, 0.15) is 17.7 Å². The Hall–Kier alpha value is -3.29. The van der Waals surface area contributed by atoms with Crippen LogP contribution in [0, 0.1) is 5.92 Å². The SMILES string of the molecule is CCCN(CCCCCNC(=O)OC(C)(C)C)C(O)C1=Cc2ccc(-c3cccc(S(=O)(=O)N4CC(CO)C4)c3)cc2N=C(N)C1. The van der Waals surface area contributed by atoms with Crippen LogP contribution in [0.4, 0.5) is 10.5 Å². The summed E-state index contributed by atoms with van der Waals surface area (Å²) in [6.07, 6.45) is 4.47.